The Labute approximate surface area is 149 Å². The Bertz CT molecular complexity index is 709. The van der Waals surface area contributed by atoms with Crippen molar-refractivity contribution in [2.24, 2.45) is 0 Å². The molecule has 0 radical (unpaired) electrons. The Hall–Kier alpha value is -2.34. The molecular formula is C18H19BrN2O3. The molecule has 0 aliphatic heterocycles. The largest absolute Gasteiger partial charge is 0.484 e. The van der Waals surface area contributed by atoms with E-state index in [9.17, 15) is 9.59 Å². The highest BCUT2D eigenvalue weighted by atomic mass is 79.9. The van der Waals surface area contributed by atoms with Crippen molar-refractivity contribution in [3.63, 3.8) is 0 Å². The van der Waals surface area contributed by atoms with Crippen LogP contribution in [-0.2, 0) is 9.59 Å². The van der Waals surface area contributed by atoms with E-state index in [1.165, 1.54) is 0 Å². The summed E-state index contributed by atoms with van der Waals surface area (Å²) in [5.74, 6) is -0.0349. The van der Waals surface area contributed by atoms with E-state index in [4.69, 9.17) is 4.74 Å². The molecule has 0 aliphatic carbocycles. The molecule has 6 heteroatoms. The zero-order valence-electron chi connectivity index (χ0n) is 13.6. The molecule has 0 spiro atoms. The van der Waals surface area contributed by atoms with E-state index >= 15 is 0 Å². The van der Waals surface area contributed by atoms with Crippen molar-refractivity contribution in [1.29, 1.82) is 0 Å². The molecule has 0 saturated heterocycles. The Morgan fingerprint density at radius 3 is 2.25 bits per heavy atom. The van der Waals surface area contributed by atoms with Crippen LogP contribution in [0.15, 0.2) is 46.9 Å². The van der Waals surface area contributed by atoms with Crippen LogP contribution in [0.5, 0.6) is 5.75 Å². The average molecular weight is 391 g/mol. The van der Waals surface area contributed by atoms with Crippen molar-refractivity contribution < 1.29 is 14.3 Å². The van der Waals surface area contributed by atoms with Gasteiger partial charge in [-0.25, -0.2) is 0 Å². The van der Waals surface area contributed by atoms with Gasteiger partial charge in [0.1, 0.15) is 5.75 Å². The molecule has 0 atom stereocenters. The maximum absolute atomic E-state index is 12.0. The van der Waals surface area contributed by atoms with Crippen molar-refractivity contribution in [1.82, 2.24) is 5.32 Å². The number of hydrogen-bond donors (Lipinski definition) is 2. The number of benzene rings is 2. The van der Waals surface area contributed by atoms with Crippen LogP contribution in [-0.4, -0.2) is 25.0 Å². The van der Waals surface area contributed by atoms with Gasteiger partial charge in [-0.3, -0.25) is 9.59 Å². The molecule has 0 bridgehead atoms. The van der Waals surface area contributed by atoms with Gasteiger partial charge in [-0.2, -0.15) is 0 Å². The first-order chi connectivity index (χ1) is 11.5. The minimum absolute atomic E-state index is 0.101. The Balaban J connectivity index is 1.77. The third-order valence-corrected chi connectivity index (χ3v) is 3.90. The summed E-state index contributed by atoms with van der Waals surface area (Å²) in [5.41, 5.74) is 2.74. The second-order valence-corrected chi connectivity index (χ2v) is 6.25. The lowest BCUT2D eigenvalue weighted by molar-refractivity contribution is -0.125. The van der Waals surface area contributed by atoms with Gasteiger partial charge in [0.25, 0.3) is 5.91 Å². The van der Waals surface area contributed by atoms with E-state index in [0.717, 1.165) is 21.3 Å². The Kier molecular flexibility index (Phi) is 6.37. The minimum atomic E-state index is -0.352. The third-order valence-electron chi connectivity index (χ3n) is 3.38. The van der Waals surface area contributed by atoms with Crippen LogP contribution in [0.4, 0.5) is 5.69 Å². The lowest BCUT2D eigenvalue weighted by Gasteiger charge is -2.12. The van der Waals surface area contributed by atoms with Crippen molar-refractivity contribution in [3.05, 3.63) is 58.1 Å². The van der Waals surface area contributed by atoms with E-state index in [1.807, 2.05) is 44.2 Å². The van der Waals surface area contributed by atoms with E-state index in [2.05, 4.69) is 26.6 Å². The lowest BCUT2D eigenvalue weighted by atomic mass is 10.1. The topological polar surface area (TPSA) is 67.4 Å². The predicted molar refractivity (Wildman–Crippen MR) is 97.2 cm³/mol. The number of carbonyl (C=O) groups excluding carboxylic acids is 2. The van der Waals surface area contributed by atoms with Gasteiger partial charge in [-0.1, -0.05) is 34.1 Å². The van der Waals surface area contributed by atoms with Gasteiger partial charge in [-0.15, -0.1) is 0 Å². The van der Waals surface area contributed by atoms with Crippen LogP contribution in [0.25, 0.3) is 0 Å². The van der Waals surface area contributed by atoms with Crippen LogP contribution >= 0.6 is 15.9 Å². The number of ether oxygens (including phenoxy) is 1. The van der Waals surface area contributed by atoms with Gasteiger partial charge in [0.15, 0.2) is 6.61 Å². The molecule has 2 aromatic rings. The van der Waals surface area contributed by atoms with Crippen molar-refractivity contribution in [2.75, 3.05) is 18.5 Å². The Morgan fingerprint density at radius 2 is 1.62 bits per heavy atom. The molecule has 0 unspecified atom stereocenters. The van der Waals surface area contributed by atoms with Crippen LogP contribution in [0, 0.1) is 13.8 Å². The Morgan fingerprint density at radius 1 is 1.00 bits per heavy atom. The van der Waals surface area contributed by atoms with Gasteiger partial charge >= 0.3 is 0 Å². The highest BCUT2D eigenvalue weighted by molar-refractivity contribution is 9.10. The fraction of sp³-hybridized carbons (Fsp3) is 0.222. The molecule has 24 heavy (non-hydrogen) atoms. The van der Waals surface area contributed by atoms with Gasteiger partial charge in [0, 0.05) is 10.2 Å². The molecule has 126 valence electrons. The predicted octanol–water partition coefficient (Wildman–Crippen LogP) is 3.20. The first-order valence-corrected chi connectivity index (χ1v) is 8.26. The van der Waals surface area contributed by atoms with E-state index in [1.54, 1.807) is 12.1 Å². The summed E-state index contributed by atoms with van der Waals surface area (Å²) in [4.78, 5) is 23.7. The van der Waals surface area contributed by atoms with Gasteiger partial charge in [-0.05, 0) is 49.2 Å². The van der Waals surface area contributed by atoms with Crippen LogP contribution in [0.3, 0.4) is 0 Å². The van der Waals surface area contributed by atoms with Crippen molar-refractivity contribution in [3.8, 4) is 5.75 Å². The monoisotopic (exact) mass is 390 g/mol. The molecule has 2 rings (SSSR count). The molecule has 0 heterocycles. The SMILES string of the molecule is Cc1cccc(C)c1NC(=O)CNC(=O)COc1ccc(Br)cc1. The number of anilines is 1. The molecule has 0 aromatic heterocycles. The molecule has 5 nitrogen and oxygen atoms in total. The zero-order valence-corrected chi connectivity index (χ0v) is 15.1. The van der Waals surface area contributed by atoms with E-state index in [0.29, 0.717) is 5.75 Å². The molecule has 2 aromatic carbocycles. The highest BCUT2D eigenvalue weighted by Gasteiger charge is 2.09. The number of halogens is 1. The summed E-state index contributed by atoms with van der Waals surface area (Å²) < 4.78 is 6.28. The fourth-order valence-corrected chi connectivity index (χ4v) is 2.37. The quantitative estimate of drug-likeness (QED) is 0.795. The minimum Gasteiger partial charge on any atom is -0.484 e. The van der Waals surface area contributed by atoms with Gasteiger partial charge in [0.05, 0.1) is 6.54 Å². The van der Waals surface area contributed by atoms with Crippen molar-refractivity contribution in [2.45, 2.75) is 13.8 Å². The number of hydrogen-bond acceptors (Lipinski definition) is 3. The summed E-state index contributed by atoms with van der Waals surface area (Å²) >= 11 is 3.32. The molecule has 0 fully saturated rings. The number of carbonyl (C=O) groups is 2. The summed E-state index contributed by atoms with van der Waals surface area (Å²) in [6.45, 7) is 3.61. The van der Waals surface area contributed by atoms with Gasteiger partial charge in [0.2, 0.25) is 5.91 Å². The molecule has 0 aliphatic rings. The second-order valence-electron chi connectivity index (χ2n) is 5.33. The number of amides is 2. The summed E-state index contributed by atoms with van der Waals surface area (Å²) in [6, 6.07) is 12.9. The van der Waals surface area contributed by atoms with Crippen LogP contribution in [0.2, 0.25) is 0 Å². The third kappa shape index (κ3) is 5.38. The number of aryl methyl sites for hydroxylation is 2. The zero-order chi connectivity index (χ0) is 17.5. The van der Waals surface area contributed by atoms with E-state index in [-0.39, 0.29) is 25.0 Å². The number of para-hydroxylation sites is 1. The average Bonchev–Trinajstić information content (AvgIpc) is 2.56. The summed E-state index contributed by atoms with van der Waals surface area (Å²) in [6.07, 6.45) is 0. The van der Waals surface area contributed by atoms with Crippen LogP contribution in [0.1, 0.15) is 11.1 Å². The maximum atomic E-state index is 12.0. The molecular weight excluding hydrogens is 372 g/mol. The molecule has 0 saturated carbocycles. The first-order valence-electron chi connectivity index (χ1n) is 7.47. The number of nitrogens with one attached hydrogen (secondary N) is 2. The normalized spacial score (nSPS) is 10.1. The lowest BCUT2D eigenvalue weighted by Crippen LogP contribution is -2.36. The maximum Gasteiger partial charge on any atom is 0.258 e. The first kappa shape index (κ1) is 18.0. The van der Waals surface area contributed by atoms with E-state index < -0.39 is 0 Å². The summed E-state index contributed by atoms with van der Waals surface area (Å²) in [7, 11) is 0. The number of rotatable bonds is 6. The van der Waals surface area contributed by atoms with Crippen LogP contribution < -0.4 is 15.4 Å². The fourth-order valence-electron chi connectivity index (χ4n) is 2.10. The smallest absolute Gasteiger partial charge is 0.258 e. The molecule has 2 amide bonds. The summed E-state index contributed by atoms with van der Waals surface area (Å²) in [5, 5.41) is 5.35. The highest BCUT2D eigenvalue weighted by Crippen LogP contribution is 2.19. The second kappa shape index (κ2) is 8.49. The standard InChI is InChI=1S/C18H19BrN2O3/c1-12-4-3-5-13(2)18(12)21-16(22)10-20-17(23)11-24-15-8-6-14(19)7-9-15/h3-9H,10-11H2,1-2H3,(H,20,23)(H,21,22). The van der Waals surface area contributed by atoms with Gasteiger partial charge < -0.3 is 15.4 Å². The van der Waals surface area contributed by atoms with Crippen molar-refractivity contribution >= 4 is 33.4 Å². The molecule has 2 N–H and O–H groups in total.